The summed E-state index contributed by atoms with van der Waals surface area (Å²) in [4.78, 5) is 0. The maximum absolute atomic E-state index is 10.5. The highest BCUT2D eigenvalue weighted by molar-refractivity contribution is 5.16. The molecule has 0 amide bonds. The molecule has 4 atom stereocenters. The first-order chi connectivity index (χ1) is 13.3. The average molecular weight is 370 g/mol. The van der Waals surface area contributed by atoms with Gasteiger partial charge in [-0.1, -0.05) is 72.8 Å². The molecule has 1 aliphatic carbocycles. The summed E-state index contributed by atoms with van der Waals surface area (Å²) in [6.07, 6.45) is 1.37. The third-order valence-corrected chi connectivity index (χ3v) is 4.43. The summed E-state index contributed by atoms with van der Waals surface area (Å²) in [7, 11) is 1.57. The molecule has 1 N–H and O–H groups in total. The summed E-state index contributed by atoms with van der Waals surface area (Å²) >= 11 is 0. The van der Waals surface area contributed by atoms with Crippen LogP contribution in [-0.2, 0) is 32.2 Å². The Labute approximate surface area is 160 Å². The van der Waals surface area contributed by atoms with Gasteiger partial charge >= 0.3 is 0 Å². The predicted molar refractivity (Wildman–Crippen MR) is 102 cm³/mol. The van der Waals surface area contributed by atoms with Crippen LogP contribution in [0.5, 0.6) is 0 Å². The molecule has 27 heavy (non-hydrogen) atoms. The Bertz CT molecular complexity index is 688. The van der Waals surface area contributed by atoms with Gasteiger partial charge in [-0.2, -0.15) is 0 Å². The fourth-order valence-corrected chi connectivity index (χ4v) is 3.04. The second-order valence-electron chi connectivity index (χ2n) is 6.44. The molecule has 5 nitrogen and oxygen atoms in total. The highest BCUT2D eigenvalue weighted by atomic mass is 16.7. The standard InChI is InChI=1S/C22H26O5/c1-24-16-27-20-13-12-19(23)21(25-14-17-8-4-2-5-9-17)22(20)26-15-18-10-6-3-7-11-18/h2-13,19-23H,14-16H2,1H3/t19-,20+,21+,22-/m0/s1. The Morgan fingerprint density at radius 1 is 0.741 bits per heavy atom. The molecule has 144 valence electrons. The maximum Gasteiger partial charge on any atom is 0.147 e. The first-order valence-electron chi connectivity index (χ1n) is 9.06. The molecule has 3 rings (SSSR count). The molecular formula is C22H26O5. The van der Waals surface area contributed by atoms with Crippen molar-refractivity contribution in [1.82, 2.24) is 0 Å². The molecule has 0 saturated heterocycles. The van der Waals surface area contributed by atoms with E-state index in [1.807, 2.05) is 66.7 Å². The number of rotatable bonds is 9. The van der Waals surface area contributed by atoms with Crippen LogP contribution in [0.25, 0.3) is 0 Å². The van der Waals surface area contributed by atoms with Gasteiger partial charge in [-0.15, -0.1) is 0 Å². The molecule has 0 radical (unpaired) electrons. The summed E-state index contributed by atoms with van der Waals surface area (Å²) < 4.78 is 22.9. The van der Waals surface area contributed by atoms with Gasteiger partial charge in [-0.3, -0.25) is 0 Å². The number of ether oxygens (including phenoxy) is 4. The van der Waals surface area contributed by atoms with Gasteiger partial charge in [-0.05, 0) is 11.1 Å². The largest absolute Gasteiger partial charge is 0.386 e. The Hall–Kier alpha value is -2.02. The van der Waals surface area contributed by atoms with Crippen molar-refractivity contribution in [2.45, 2.75) is 37.6 Å². The molecule has 2 aromatic rings. The van der Waals surface area contributed by atoms with Gasteiger partial charge in [0.15, 0.2) is 0 Å². The first-order valence-corrected chi connectivity index (χ1v) is 9.06. The third-order valence-electron chi connectivity index (χ3n) is 4.43. The van der Waals surface area contributed by atoms with Gasteiger partial charge in [0.05, 0.1) is 13.2 Å². The fraction of sp³-hybridized carbons (Fsp3) is 0.364. The summed E-state index contributed by atoms with van der Waals surface area (Å²) in [5, 5.41) is 10.5. The maximum atomic E-state index is 10.5. The van der Waals surface area contributed by atoms with Crippen LogP contribution in [-0.4, -0.2) is 43.4 Å². The quantitative estimate of drug-likeness (QED) is 0.543. The second-order valence-corrected chi connectivity index (χ2v) is 6.44. The molecular weight excluding hydrogens is 344 g/mol. The van der Waals surface area contributed by atoms with Crippen molar-refractivity contribution in [3.8, 4) is 0 Å². The predicted octanol–water partition coefficient (Wildman–Crippen LogP) is 3.08. The molecule has 2 aromatic carbocycles. The Morgan fingerprint density at radius 2 is 1.30 bits per heavy atom. The zero-order valence-electron chi connectivity index (χ0n) is 15.4. The van der Waals surface area contributed by atoms with E-state index in [1.165, 1.54) is 0 Å². The van der Waals surface area contributed by atoms with Crippen molar-refractivity contribution < 1.29 is 24.1 Å². The topological polar surface area (TPSA) is 57.2 Å². The summed E-state index contributed by atoms with van der Waals surface area (Å²) in [5.41, 5.74) is 2.09. The smallest absolute Gasteiger partial charge is 0.147 e. The average Bonchev–Trinajstić information content (AvgIpc) is 2.72. The normalized spacial score (nSPS) is 24.8. The molecule has 0 bridgehead atoms. The molecule has 0 aliphatic heterocycles. The van der Waals surface area contributed by atoms with Crippen molar-refractivity contribution in [1.29, 1.82) is 0 Å². The zero-order valence-corrected chi connectivity index (χ0v) is 15.4. The molecule has 0 fully saturated rings. The van der Waals surface area contributed by atoms with Crippen LogP contribution in [0.1, 0.15) is 11.1 Å². The number of aliphatic hydroxyl groups excluding tert-OH is 1. The Balaban J connectivity index is 1.70. The molecule has 0 heterocycles. The van der Waals surface area contributed by atoms with E-state index in [1.54, 1.807) is 13.2 Å². The summed E-state index contributed by atoms with van der Waals surface area (Å²) in [5.74, 6) is 0. The van der Waals surface area contributed by atoms with Gasteiger partial charge < -0.3 is 24.1 Å². The molecule has 5 heteroatoms. The van der Waals surface area contributed by atoms with E-state index in [9.17, 15) is 5.11 Å². The highest BCUT2D eigenvalue weighted by Gasteiger charge is 2.38. The van der Waals surface area contributed by atoms with Crippen molar-refractivity contribution in [2.75, 3.05) is 13.9 Å². The van der Waals surface area contributed by atoms with Crippen LogP contribution in [0.3, 0.4) is 0 Å². The van der Waals surface area contributed by atoms with E-state index >= 15 is 0 Å². The van der Waals surface area contributed by atoms with Gasteiger partial charge in [0.1, 0.15) is 31.2 Å². The van der Waals surface area contributed by atoms with Crippen molar-refractivity contribution in [3.05, 3.63) is 83.9 Å². The number of hydrogen-bond donors (Lipinski definition) is 1. The number of methoxy groups -OCH3 is 1. The number of aliphatic hydroxyl groups is 1. The second kappa shape index (κ2) is 10.3. The lowest BCUT2D eigenvalue weighted by atomic mass is 9.95. The lowest BCUT2D eigenvalue weighted by molar-refractivity contribution is -0.182. The number of hydrogen-bond acceptors (Lipinski definition) is 5. The zero-order chi connectivity index (χ0) is 18.9. The van der Waals surface area contributed by atoms with E-state index in [0.29, 0.717) is 13.2 Å². The van der Waals surface area contributed by atoms with Crippen LogP contribution < -0.4 is 0 Å². The molecule has 0 unspecified atom stereocenters. The van der Waals surface area contributed by atoms with Gasteiger partial charge in [-0.25, -0.2) is 0 Å². The fourth-order valence-electron chi connectivity index (χ4n) is 3.04. The van der Waals surface area contributed by atoms with Crippen LogP contribution in [0.2, 0.25) is 0 Å². The lowest BCUT2D eigenvalue weighted by Gasteiger charge is -2.37. The van der Waals surface area contributed by atoms with Crippen LogP contribution in [0.4, 0.5) is 0 Å². The third kappa shape index (κ3) is 5.73. The van der Waals surface area contributed by atoms with Crippen LogP contribution >= 0.6 is 0 Å². The Kier molecular flexibility index (Phi) is 7.56. The Morgan fingerprint density at radius 3 is 1.85 bits per heavy atom. The van der Waals surface area contributed by atoms with Crippen molar-refractivity contribution >= 4 is 0 Å². The van der Waals surface area contributed by atoms with E-state index in [-0.39, 0.29) is 12.9 Å². The van der Waals surface area contributed by atoms with Gasteiger partial charge in [0.25, 0.3) is 0 Å². The number of benzene rings is 2. The minimum Gasteiger partial charge on any atom is -0.386 e. The first kappa shape index (κ1) is 19.7. The van der Waals surface area contributed by atoms with E-state index in [4.69, 9.17) is 18.9 Å². The minimum absolute atomic E-state index is 0.141. The van der Waals surface area contributed by atoms with Crippen molar-refractivity contribution in [2.24, 2.45) is 0 Å². The molecule has 0 saturated carbocycles. The van der Waals surface area contributed by atoms with Crippen LogP contribution in [0, 0.1) is 0 Å². The summed E-state index contributed by atoms with van der Waals surface area (Å²) in [6.45, 7) is 0.935. The molecule has 0 aromatic heterocycles. The minimum atomic E-state index is -0.767. The van der Waals surface area contributed by atoms with Gasteiger partial charge in [0, 0.05) is 7.11 Å². The lowest BCUT2D eigenvalue weighted by Crippen LogP contribution is -2.50. The molecule has 1 aliphatic rings. The van der Waals surface area contributed by atoms with Crippen LogP contribution in [0.15, 0.2) is 72.8 Å². The van der Waals surface area contributed by atoms with Gasteiger partial charge in [0.2, 0.25) is 0 Å². The molecule has 0 spiro atoms. The SMILES string of the molecule is COCO[C@@H]1C=C[C@H](O)[C@@H](OCc2ccccc2)[C@H]1OCc1ccccc1. The van der Waals surface area contributed by atoms with E-state index < -0.39 is 18.3 Å². The van der Waals surface area contributed by atoms with Crippen molar-refractivity contribution in [3.63, 3.8) is 0 Å². The highest BCUT2D eigenvalue weighted by Crippen LogP contribution is 2.24. The van der Waals surface area contributed by atoms with E-state index in [2.05, 4.69) is 0 Å². The monoisotopic (exact) mass is 370 g/mol. The summed E-state index contributed by atoms with van der Waals surface area (Å²) in [6, 6.07) is 19.8. The van der Waals surface area contributed by atoms with E-state index in [0.717, 1.165) is 11.1 Å².